The lowest BCUT2D eigenvalue weighted by Crippen LogP contribution is -2.31. The van der Waals surface area contributed by atoms with Crippen LogP contribution in [0.15, 0.2) is 47.0 Å². The first-order chi connectivity index (χ1) is 13.0. The van der Waals surface area contributed by atoms with Gasteiger partial charge in [-0.05, 0) is 50.5 Å². The van der Waals surface area contributed by atoms with Crippen LogP contribution in [0, 0.1) is 13.8 Å². The Bertz CT molecular complexity index is 999. The highest BCUT2D eigenvalue weighted by Crippen LogP contribution is 2.34. The van der Waals surface area contributed by atoms with Crippen LogP contribution < -0.4 is 0 Å². The molecule has 1 aromatic heterocycles. The molecule has 5 nitrogen and oxygen atoms in total. The summed E-state index contributed by atoms with van der Waals surface area (Å²) in [5.74, 6) is 0.973. The molecule has 1 fully saturated rings. The lowest BCUT2D eigenvalue weighted by Gasteiger charge is -2.23. The first-order valence-electron chi connectivity index (χ1n) is 9.00. The Hall–Kier alpha value is -2.66. The number of benzene rings is 2. The highest BCUT2D eigenvalue weighted by atomic mass is 35.5. The van der Waals surface area contributed by atoms with Gasteiger partial charge in [0.05, 0.1) is 0 Å². The van der Waals surface area contributed by atoms with Crippen molar-refractivity contribution in [3.63, 3.8) is 0 Å². The Morgan fingerprint density at radius 3 is 2.89 bits per heavy atom. The van der Waals surface area contributed by atoms with Gasteiger partial charge in [0.25, 0.3) is 5.91 Å². The van der Waals surface area contributed by atoms with E-state index in [0.717, 1.165) is 35.1 Å². The van der Waals surface area contributed by atoms with Gasteiger partial charge in [0.2, 0.25) is 11.7 Å². The fourth-order valence-electron chi connectivity index (χ4n) is 3.50. The summed E-state index contributed by atoms with van der Waals surface area (Å²) in [6, 6.07) is 13.1. The number of nitrogens with zero attached hydrogens (tertiary/aromatic N) is 3. The predicted molar refractivity (Wildman–Crippen MR) is 104 cm³/mol. The molecule has 3 aromatic rings. The molecule has 6 heteroatoms. The smallest absolute Gasteiger partial charge is 0.254 e. The zero-order valence-corrected chi connectivity index (χ0v) is 16.0. The second-order valence-corrected chi connectivity index (χ2v) is 7.38. The Morgan fingerprint density at radius 2 is 2.07 bits per heavy atom. The molecule has 1 saturated heterocycles. The zero-order valence-electron chi connectivity index (χ0n) is 15.3. The Morgan fingerprint density at radius 1 is 1.22 bits per heavy atom. The molecule has 2 heterocycles. The number of amides is 1. The molecule has 27 heavy (non-hydrogen) atoms. The maximum Gasteiger partial charge on any atom is 0.254 e. The highest BCUT2D eigenvalue weighted by Gasteiger charge is 2.35. The van der Waals surface area contributed by atoms with Crippen LogP contribution in [0.25, 0.3) is 11.4 Å². The lowest BCUT2D eigenvalue weighted by atomic mass is 10.0. The van der Waals surface area contributed by atoms with E-state index in [9.17, 15) is 4.79 Å². The van der Waals surface area contributed by atoms with E-state index in [4.69, 9.17) is 16.1 Å². The lowest BCUT2D eigenvalue weighted by molar-refractivity contribution is 0.0709. The molecular formula is C21H20ClN3O2. The average molecular weight is 382 g/mol. The normalized spacial score (nSPS) is 16.7. The van der Waals surface area contributed by atoms with Gasteiger partial charge < -0.3 is 9.42 Å². The molecule has 4 rings (SSSR count). The first kappa shape index (κ1) is 17.7. The SMILES string of the molecule is Cc1ccc(C)c(C(=O)N2CCC[C@H]2c2nc(-c3cccc(Cl)c3)no2)c1. The van der Waals surface area contributed by atoms with Gasteiger partial charge in [0.15, 0.2) is 0 Å². The molecule has 0 unspecified atom stereocenters. The fraction of sp³-hybridized carbons (Fsp3) is 0.286. The first-order valence-corrected chi connectivity index (χ1v) is 9.38. The van der Waals surface area contributed by atoms with E-state index in [-0.39, 0.29) is 11.9 Å². The monoisotopic (exact) mass is 381 g/mol. The fourth-order valence-corrected chi connectivity index (χ4v) is 3.69. The number of aryl methyl sites for hydroxylation is 2. The van der Waals surface area contributed by atoms with Crippen molar-refractivity contribution >= 4 is 17.5 Å². The van der Waals surface area contributed by atoms with E-state index in [1.807, 2.05) is 49.1 Å². The Labute approximate surface area is 163 Å². The molecule has 0 spiro atoms. The van der Waals surface area contributed by atoms with E-state index in [1.165, 1.54) is 0 Å². The minimum Gasteiger partial charge on any atom is -0.337 e. The molecule has 0 radical (unpaired) electrons. The summed E-state index contributed by atoms with van der Waals surface area (Å²) in [6.45, 7) is 4.64. The van der Waals surface area contributed by atoms with E-state index < -0.39 is 0 Å². The van der Waals surface area contributed by atoms with Crippen molar-refractivity contribution in [1.82, 2.24) is 15.0 Å². The number of hydrogen-bond donors (Lipinski definition) is 0. The third-order valence-electron chi connectivity index (χ3n) is 4.95. The highest BCUT2D eigenvalue weighted by molar-refractivity contribution is 6.30. The number of hydrogen-bond acceptors (Lipinski definition) is 4. The van der Waals surface area contributed by atoms with Crippen LogP contribution in [0.4, 0.5) is 0 Å². The van der Waals surface area contributed by atoms with Crippen LogP contribution >= 0.6 is 11.6 Å². The Balaban J connectivity index is 1.62. The molecule has 2 aromatic carbocycles. The summed E-state index contributed by atoms with van der Waals surface area (Å²) in [7, 11) is 0. The molecule has 0 aliphatic carbocycles. The van der Waals surface area contributed by atoms with Crippen LogP contribution in [-0.2, 0) is 0 Å². The predicted octanol–water partition coefficient (Wildman–Crippen LogP) is 4.98. The summed E-state index contributed by atoms with van der Waals surface area (Å²) in [6.07, 6.45) is 1.73. The van der Waals surface area contributed by atoms with E-state index in [1.54, 1.807) is 12.1 Å². The minimum atomic E-state index is -0.196. The van der Waals surface area contributed by atoms with Crippen LogP contribution in [0.3, 0.4) is 0 Å². The van der Waals surface area contributed by atoms with Gasteiger partial charge in [-0.2, -0.15) is 4.98 Å². The largest absolute Gasteiger partial charge is 0.337 e. The molecule has 0 saturated carbocycles. The van der Waals surface area contributed by atoms with Crippen LogP contribution in [-0.4, -0.2) is 27.5 Å². The molecule has 138 valence electrons. The number of carbonyl (C=O) groups is 1. The number of halogens is 1. The molecule has 1 amide bonds. The van der Waals surface area contributed by atoms with Crippen molar-refractivity contribution in [2.75, 3.05) is 6.54 Å². The summed E-state index contributed by atoms with van der Waals surface area (Å²) in [5, 5.41) is 4.70. The van der Waals surface area contributed by atoms with Crippen LogP contribution in [0.1, 0.15) is 46.3 Å². The average Bonchev–Trinajstić information content (AvgIpc) is 3.32. The molecule has 0 N–H and O–H groups in total. The molecule has 1 aliphatic rings. The summed E-state index contributed by atoms with van der Waals surface area (Å²) < 4.78 is 5.52. The van der Waals surface area contributed by atoms with Gasteiger partial charge in [-0.3, -0.25) is 4.79 Å². The topological polar surface area (TPSA) is 59.2 Å². The quantitative estimate of drug-likeness (QED) is 0.641. The maximum atomic E-state index is 13.1. The second kappa shape index (κ2) is 7.16. The second-order valence-electron chi connectivity index (χ2n) is 6.94. The molecule has 1 aliphatic heterocycles. The van der Waals surface area contributed by atoms with Gasteiger partial charge >= 0.3 is 0 Å². The van der Waals surface area contributed by atoms with Gasteiger partial charge in [0, 0.05) is 22.7 Å². The van der Waals surface area contributed by atoms with Gasteiger partial charge in [-0.1, -0.05) is 46.6 Å². The van der Waals surface area contributed by atoms with Crippen molar-refractivity contribution in [3.05, 3.63) is 70.1 Å². The Kier molecular flexibility index (Phi) is 4.70. The van der Waals surface area contributed by atoms with E-state index in [0.29, 0.717) is 23.3 Å². The third kappa shape index (κ3) is 3.47. The summed E-state index contributed by atoms with van der Waals surface area (Å²) in [5.41, 5.74) is 3.57. The molecule has 1 atom stereocenters. The maximum absolute atomic E-state index is 13.1. The number of carbonyl (C=O) groups excluding carboxylic acids is 1. The van der Waals surface area contributed by atoms with Crippen molar-refractivity contribution in [3.8, 4) is 11.4 Å². The van der Waals surface area contributed by atoms with Crippen LogP contribution in [0.5, 0.6) is 0 Å². The van der Waals surface area contributed by atoms with Crippen molar-refractivity contribution < 1.29 is 9.32 Å². The van der Waals surface area contributed by atoms with Crippen molar-refractivity contribution in [2.24, 2.45) is 0 Å². The van der Waals surface area contributed by atoms with Crippen molar-refractivity contribution in [2.45, 2.75) is 32.7 Å². The van der Waals surface area contributed by atoms with Gasteiger partial charge in [0.1, 0.15) is 6.04 Å². The van der Waals surface area contributed by atoms with Crippen LogP contribution in [0.2, 0.25) is 5.02 Å². The van der Waals surface area contributed by atoms with Gasteiger partial charge in [-0.15, -0.1) is 0 Å². The van der Waals surface area contributed by atoms with E-state index in [2.05, 4.69) is 10.1 Å². The zero-order chi connectivity index (χ0) is 19.0. The third-order valence-corrected chi connectivity index (χ3v) is 5.18. The number of likely N-dealkylation sites (tertiary alicyclic amines) is 1. The molecular weight excluding hydrogens is 362 g/mol. The molecule has 0 bridgehead atoms. The summed E-state index contributed by atoms with van der Waals surface area (Å²) >= 11 is 6.05. The number of aromatic nitrogens is 2. The van der Waals surface area contributed by atoms with E-state index >= 15 is 0 Å². The van der Waals surface area contributed by atoms with Crippen molar-refractivity contribution in [1.29, 1.82) is 0 Å². The standard InChI is InChI=1S/C21H20ClN3O2/c1-13-8-9-14(2)17(11-13)21(26)25-10-4-7-18(25)20-23-19(24-27-20)15-5-3-6-16(22)12-15/h3,5-6,8-9,11-12,18H,4,7,10H2,1-2H3/t18-/m0/s1. The van der Waals surface area contributed by atoms with Gasteiger partial charge in [-0.25, -0.2) is 0 Å². The minimum absolute atomic E-state index is 0.0150. The summed E-state index contributed by atoms with van der Waals surface area (Å²) in [4.78, 5) is 19.5. The number of rotatable bonds is 3.